The van der Waals surface area contributed by atoms with Gasteiger partial charge in [0.05, 0.1) is 4.91 Å². The molecule has 19 heavy (non-hydrogen) atoms. The highest BCUT2D eigenvalue weighted by Crippen LogP contribution is 2.28. The van der Waals surface area contributed by atoms with Crippen LogP contribution in [0.3, 0.4) is 0 Å². The van der Waals surface area contributed by atoms with Gasteiger partial charge < -0.3 is 8.92 Å². The molecule has 0 radical (unpaired) electrons. The number of thioether (sulfide) groups is 1. The Morgan fingerprint density at radius 1 is 1.26 bits per heavy atom. The maximum absolute atomic E-state index is 12.0. The summed E-state index contributed by atoms with van der Waals surface area (Å²) in [5.74, 6) is -0.992. The van der Waals surface area contributed by atoms with Gasteiger partial charge in [-0.05, 0) is 25.3 Å². The number of esters is 1. The van der Waals surface area contributed by atoms with Crippen molar-refractivity contribution in [2.45, 2.75) is 11.8 Å². The molecule has 2 rings (SSSR count). The number of ether oxygens (including phenoxy) is 1. The molecule has 0 aromatic heterocycles. The predicted molar refractivity (Wildman–Crippen MR) is 70.9 cm³/mol. The van der Waals surface area contributed by atoms with E-state index in [1.807, 2.05) is 6.92 Å². The van der Waals surface area contributed by atoms with Gasteiger partial charge in [-0.2, -0.15) is 8.42 Å². The van der Waals surface area contributed by atoms with E-state index >= 15 is 0 Å². The second kappa shape index (κ2) is 5.26. The second-order valence-electron chi connectivity index (χ2n) is 3.88. The van der Waals surface area contributed by atoms with Gasteiger partial charge in [0, 0.05) is 0 Å². The fourth-order valence-electron chi connectivity index (χ4n) is 1.47. The molecule has 1 aliphatic heterocycles. The first-order chi connectivity index (χ1) is 8.94. The van der Waals surface area contributed by atoms with E-state index in [1.165, 1.54) is 23.9 Å². The van der Waals surface area contributed by atoms with Crippen molar-refractivity contribution in [2.75, 3.05) is 12.9 Å². The Kier molecular flexibility index (Phi) is 3.86. The van der Waals surface area contributed by atoms with Crippen molar-refractivity contribution in [2.24, 2.45) is 0 Å². The molecule has 0 aliphatic carbocycles. The van der Waals surface area contributed by atoms with E-state index in [0.717, 1.165) is 5.56 Å². The average Bonchev–Trinajstić information content (AvgIpc) is 2.70. The number of hydrogen-bond donors (Lipinski definition) is 0. The van der Waals surface area contributed by atoms with E-state index in [1.54, 1.807) is 18.4 Å². The fraction of sp³-hybridized carbons (Fsp3) is 0.250. The maximum Gasteiger partial charge on any atom is 0.376 e. The lowest BCUT2D eigenvalue weighted by Gasteiger charge is -2.07. The van der Waals surface area contributed by atoms with Crippen LogP contribution >= 0.6 is 11.8 Å². The third kappa shape index (κ3) is 2.93. The Morgan fingerprint density at radius 2 is 1.89 bits per heavy atom. The van der Waals surface area contributed by atoms with E-state index in [2.05, 4.69) is 0 Å². The molecular weight excluding hydrogens is 288 g/mol. The minimum Gasteiger partial charge on any atom is -0.454 e. The van der Waals surface area contributed by atoms with E-state index in [-0.39, 0.29) is 17.3 Å². The molecule has 7 heteroatoms. The van der Waals surface area contributed by atoms with Crippen molar-refractivity contribution >= 4 is 27.8 Å². The maximum atomic E-state index is 12.0. The van der Waals surface area contributed by atoms with Crippen LogP contribution in [-0.2, 0) is 23.8 Å². The third-order valence-electron chi connectivity index (χ3n) is 2.52. The quantitative estimate of drug-likeness (QED) is 0.624. The Hall–Kier alpha value is -1.47. The summed E-state index contributed by atoms with van der Waals surface area (Å²) in [7, 11) is -4.01. The van der Waals surface area contributed by atoms with Crippen LogP contribution in [0.1, 0.15) is 5.56 Å². The number of aryl methyl sites for hydroxylation is 1. The molecule has 0 N–H and O–H groups in total. The van der Waals surface area contributed by atoms with Crippen molar-refractivity contribution in [1.29, 1.82) is 0 Å². The van der Waals surface area contributed by atoms with Crippen molar-refractivity contribution in [3.8, 4) is 0 Å². The lowest BCUT2D eigenvalue weighted by atomic mass is 10.2. The molecule has 1 aromatic carbocycles. The van der Waals surface area contributed by atoms with Gasteiger partial charge in [-0.15, -0.1) is 11.8 Å². The number of carbonyl (C=O) groups is 1. The summed E-state index contributed by atoms with van der Waals surface area (Å²) in [5.41, 5.74) is 0.934. The lowest BCUT2D eigenvalue weighted by Crippen LogP contribution is -2.11. The minimum absolute atomic E-state index is 0.00533. The second-order valence-corrected chi connectivity index (χ2v) is 6.33. The Morgan fingerprint density at radius 3 is 2.47 bits per heavy atom. The van der Waals surface area contributed by atoms with Crippen LogP contribution in [0.15, 0.2) is 39.8 Å². The van der Waals surface area contributed by atoms with E-state index in [4.69, 9.17) is 8.92 Å². The first-order valence-electron chi connectivity index (χ1n) is 5.39. The fourth-order valence-corrected chi connectivity index (χ4v) is 2.96. The number of benzene rings is 1. The molecular formula is C12H12O5S2. The molecule has 0 unspecified atom stereocenters. The topological polar surface area (TPSA) is 69.7 Å². The molecule has 0 fully saturated rings. The zero-order valence-corrected chi connectivity index (χ0v) is 12.0. The molecule has 0 saturated carbocycles. The third-order valence-corrected chi connectivity index (χ3v) is 4.55. The normalized spacial score (nSPS) is 15.6. The summed E-state index contributed by atoms with van der Waals surface area (Å²) in [5, 5.41) is 0. The molecule has 1 aromatic rings. The number of cyclic esters (lactones) is 1. The standard InChI is InChI=1S/C12H12O5S2/c1-8-3-5-9(6-4-8)19(14,15)17-11-10(18-2)7-16-12(11)13/h3-6H,7H2,1-2H3. The zero-order chi connectivity index (χ0) is 14.0. The van der Waals surface area contributed by atoms with Gasteiger partial charge >= 0.3 is 16.1 Å². The first kappa shape index (κ1) is 14.0. The molecule has 5 nitrogen and oxygen atoms in total. The molecule has 102 valence electrons. The van der Waals surface area contributed by atoms with Gasteiger partial charge in [0.25, 0.3) is 0 Å². The number of hydrogen-bond acceptors (Lipinski definition) is 6. The number of carbonyl (C=O) groups excluding carboxylic acids is 1. The summed E-state index contributed by atoms with van der Waals surface area (Å²) in [4.78, 5) is 11.9. The van der Waals surface area contributed by atoms with Crippen molar-refractivity contribution in [1.82, 2.24) is 0 Å². The van der Waals surface area contributed by atoms with Crippen LogP contribution in [0.25, 0.3) is 0 Å². The zero-order valence-electron chi connectivity index (χ0n) is 10.4. The summed E-state index contributed by atoms with van der Waals surface area (Å²) in [6, 6.07) is 6.19. The summed E-state index contributed by atoms with van der Waals surface area (Å²) in [6.07, 6.45) is 1.72. The predicted octanol–water partition coefficient (Wildman–Crippen LogP) is 1.83. The first-order valence-corrected chi connectivity index (χ1v) is 8.03. The molecule has 0 spiro atoms. The van der Waals surface area contributed by atoms with Crippen LogP contribution in [0.2, 0.25) is 0 Å². The van der Waals surface area contributed by atoms with Crippen LogP contribution in [-0.4, -0.2) is 27.2 Å². The van der Waals surface area contributed by atoms with Crippen molar-refractivity contribution in [3.05, 3.63) is 40.5 Å². The Labute approximate surface area is 115 Å². The molecule has 1 heterocycles. The highest BCUT2D eigenvalue weighted by atomic mass is 32.2. The van der Waals surface area contributed by atoms with Crippen LogP contribution < -0.4 is 0 Å². The van der Waals surface area contributed by atoms with E-state index in [9.17, 15) is 13.2 Å². The van der Waals surface area contributed by atoms with Gasteiger partial charge in [-0.1, -0.05) is 17.7 Å². The van der Waals surface area contributed by atoms with Crippen molar-refractivity contribution in [3.63, 3.8) is 0 Å². The highest BCUT2D eigenvalue weighted by molar-refractivity contribution is 8.02. The van der Waals surface area contributed by atoms with Gasteiger partial charge in [0.2, 0.25) is 5.76 Å². The van der Waals surface area contributed by atoms with E-state index in [0.29, 0.717) is 4.91 Å². The van der Waals surface area contributed by atoms with Crippen LogP contribution in [0, 0.1) is 6.92 Å². The molecule has 0 amide bonds. The monoisotopic (exact) mass is 300 g/mol. The van der Waals surface area contributed by atoms with Crippen LogP contribution in [0.4, 0.5) is 0 Å². The molecule has 0 saturated heterocycles. The van der Waals surface area contributed by atoms with Crippen molar-refractivity contribution < 1.29 is 22.1 Å². The van der Waals surface area contributed by atoms with Gasteiger partial charge in [0.1, 0.15) is 11.5 Å². The van der Waals surface area contributed by atoms with E-state index < -0.39 is 16.1 Å². The highest BCUT2D eigenvalue weighted by Gasteiger charge is 2.31. The molecule has 0 atom stereocenters. The minimum atomic E-state index is -4.01. The van der Waals surface area contributed by atoms with Gasteiger partial charge in [-0.25, -0.2) is 4.79 Å². The molecule has 1 aliphatic rings. The summed E-state index contributed by atoms with van der Waals surface area (Å²) < 4.78 is 33.7. The Balaban J connectivity index is 2.32. The summed E-state index contributed by atoms with van der Waals surface area (Å²) in [6.45, 7) is 1.90. The lowest BCUT2D eigenvalue weighted by molar-refractivity contribution is -0.137. The number of rotatable bonds is 4. The van der Waals surface area contributed by atoms with Crippen LogP contribution in [0.5, 0.6) is 0 Å². The smallest absolute Gasteiger partial charge is 0.376 e. The largest absolute Gasteiger partial charge is 0.454 e. The average molecular weight is 300 g/mol. The van der Waals surface area contributed by atoms with Gasteiger partial charge in [0.15, 0.2) is 0 Å². The summed E-state index contributed by atoms with van der Waals surface area (Å²) >= 11 is 1.23. The van der Waals surface area contributed by atoms with Gasteiger partial charge in [-0.3, -0.25) is 0 Å². The molecule has 0 bridgehead atoms. The Bertz CT molecular complexity index is 629. The SMILES string of the molecule is CSC1=C(OS(=O)(=O)c2ccc(C)cc2)C(=O)OC1.